The molecule has 0 saturated carbocycles. The van der Waals surface area contributed by atoms with Crippen molar-refractivity contribution in [3.05, 3.63) is 23.7 Å². The van der Waals surface area contributed by atoms with Gasteiger partial charge < -0.3 is 15.1 Å². The van der Waals surface area contributed by atoms with Crippen molar-refractivity contribution in [1.29, 1.82) is 0 Å². The summed E-state index contributed by atoms with van der Waals surface area (Å²) >= 11 is 0. The van der Waals surface area contributed by atoms with E-state index in [0.29, 0.717) is 13.1 Å². The highest BCUT2D eigenvalue weighted by Crippen LogP contribution is 2.30. The number of carbonyl (C=O) groups is 1. The highest BCUT2D eigenvalue weighted by Gasteiger charge is 2.22. The molecule has 0 spiro atoms. The van der Waals surface area contributed by atoms with Gasteiger partial charge in [-0.05, 0) is 25.8 Å². The van der Waals surface area contributed by atoms with Crippen LogP contribution in [0.5, 0.6) is 0 Å². The third-order valence-electron chi connectivity index (χ3n) is 2.93. The molecule has 1 aliphatic rings. The molecule has 2 rings (SSSR count). The van der Waals surface area contributed by atoms with Gasteiger partial charge in [0.2, 0.25) is 5.91 Å². The molecule has 0 saturated heterocycles. The standard InChI is InChI=1S/C12H18N2O2/c1-2-13-12(15)8-14-10-4-3-5-11-9(10)6-7-16-11/h6-7,10,14H,2-5,8H2,1H3,(H,13,15). The molecule has 1 atom stereocenters. The normalized spacial score (nSPS) is 19.2. The maximum absolute atomic E-state index is 11.3. The summed E-state index contributed by atoms with van der Waals surface area (Å²) in [5.41, 5.74) is 1.22. The Kier molecular flexibility index (Phi) is 3.62. The van der Waals surface area contributed by atoms with Crippen molar-refractivity contribution >= 4 is 5.91 Å². The van der Waals surface area contributed by atoms with Gasteiger partial charge in [0.15, 0.2) is 0 Å². The molecule has 0 bridgehead atoms. The largest absolute Gasteiger partial charge is 0.469 e. The second-order valence-corrected chi connectivity index (χ2v) is 4.08. The predicted octanol–water partition coefficient (Wildman–Crippen LogP) is 1.38. The summed E-state index contributed by atoms with van der Waals surface area (Å²) in [6.07, 6.45) is 4.94. The van der Waals surface area contributed by atoms with E-state index in [1.165, 1.54) is 5.56 Å². The summed E-state index contributed by atoms with van der Waals surface area (Å²) in [5, 5.41) is 6.05. The molecule has 0 aromatic carbocycles. The number of furan rings is 1. The Morgan fingerprint density at radius 2 is 2.50 bits per heavy atom. The van der Waals surface area contributed by atoms with Gasteiger partial charge >= 0.3 is 0 Å². The van der Waals surface area contributed by atoms with Crippen molar-refractivity contribution in [3.63, 3.8) is 0 Å². The summed E-state index contributed by atoms with van der Waals surface area (Å²) < 4.78 is 5.40. The van der Waals surface area contributed by atoms with Crippen LogP contribution in [0.3, 0.4) is 0 Å². The Labute approximate surface area is 95.4 Å². The smallest absolute Gasteiger partial charge is 0.233 e. The average Bonchev–Trinajstić information content (AvgIpc) is 2.75. The molecule has 1 heterocycles. The molecular formula is C12H18N2O2. The molecule has 1 amide bonds. The molecule has 1 aliphatic carbocycles. The minimum atomic E-state index is 0.0538. The Morgan fingerprint density at radius 3 is 3.31 bits per heavy atom. The number of hydrogen-bond donors (Lipinski definition) is 2. The van der Waals surface area contributed by atoms with Crippen molar-refractivity contribution in [3.8, 4) is 0 Å². The predicted molar refractivity (Wildman–Crippen MR) is 61.1 cm³/mol. The molecule has 4 heteroatoms. The van der Waals surface area contributed by atoms with E-state index in [-0.39, 0.29) is 11.9 Å². The maximum Gasteiger partial charge on any atom is 0.233 e. The van der Waals surface area contributed by atoms with E-state index in [1.807, 2.05) is 13.0 Å². The van der Waals surface area contributed by atoms with Crippen LogP contribution in [0, 0.1) is 0 Å². The lowest BCUT2D eigenvalue weighted by atomic mass is 9.93. The van der Waals surface area contributed by atoms with E-state index in [9.17, 15) is 4.79 Å². The van der Waals surface area contributed by atoms with Crippen LogP contribution in [0.25, 0.3) is 0 Å². The lowest BCUT2D eigenvalue weighted by Crippen LogP contribution is -2.36. The van der Waals surface area contributed by atoms with Gasteiger partial charge in [-0.2, -0.15) is 0 Å². The van der Waals surface area contributed by atoms with Gasteiger partial charge in [-0.25, -0.2) is 0 Å². The van der Waals surface area contributed by atoms with E-state index in [4.69, 9.17) is 4.42 Å². The highest BCUT2D eigenvalue weighted by atomic mass is 16.3. The lowest BCUT2D eigenvalue weighted by Gasteiger charge is -2.22. The number of amides is 1. The zero-order chi connectivity index (χ0) is 11.4. The summed E-state index contributed by atoms with van der Waals surface area (Å²) in [6, 6.07) is 2.27. The molecule has 88 valence electrons. The van der Waals surface area contributed by atoms with Crippen molar-refractivity contribution in [2.75, 3.05) is 13.1 Å². The molecule has 2 N–H and O–H groups in total. The zero-order valence-corrected chi connectivity index (χ0v) is 9.58. The number of likely N-dealkylation sites (N-methyl/N-ethyl adjacent to an activating group) is 1. The van der Waals surface area contributed by atoms with E-state index in [2.05, 4.69) is 10.6 Å². The first-order valence-corrected chi connectivity index (χ1v) is 5.87. The molecule has 1 aromatic heterocycles. The summed E-state index contributed by atoms with van der Waals surface area (Å²) in [7, 11) is 0. The van der Waals surface area contributed by atoms with Crippen molar-refractivity contribution in [2.45, 2.75) is 32.2 Å². The van der Waals surface area contributed by atoms with E-state index in [0.717, 1.165) is 25.0 Å². The fourth-order valence-electron chi connectivity index (χ4n) is 2.17. The van der Waals surface area contributed by atoms with Crippen LogP contribution in [0.4, 0.5) is 0 Å². The fourth-order valence-corrected chi connectivity index (χ4v) is 2.17. The van der Waals surface area contributed by atoms with Gasteiger partial charge in [0.1, 0.15) is 5.76 Å². The molecule has 0 aliphatic heterocycles. The monoisotopic (exact) mass is 222 g/mol. The molecular weight excluding hydrogens is 204 g/mol. The van der Waals surface area contributed by atoms with Crippen LogP contribution >= 0.6 is 0 Å². The van der Waals surface area contributed by atoms with Crippen LogP contribution in [-0.4, -0.2) is 19.0 Å². The number of fused-ring (bicyclic) bond motifs is 1. The van der Waals surface area contributed by atoms with Crippen LogP contribution in [0.2, 0.25) is 0 Å². The topological polar surface area (TPSA) is 54.3 Å². The highest BCUT2D eigenvalue weighted by molar-refractivity contribution is 5.77. The molecule has 0 fully saturated rings. The lowest BCUT2D eigenvalue weighted by molar-refractivity contribution is -0.120. The number of hydrogen-bond acceptors (Lipinski definition) is 3. The van der Waals surface area contributed by atoms with Crippen molar-refractivity contribution < 1.29 is 9.21 Å². The minimum absolute atomic E-state index is 0.0538. The van der Waals surface area contributed by atoms with Crippen LogP contribution in [-0.2, 0) is 11.2 Å². The van der Waals surface area contributed by atoms with E-state index < -0.39 is 0 Å². The van der Waals surface area contributed by atoms with Gasteiger partial charge in [-0.3, -0.25) is 4.79 Å². The van der Waals surface area contributed by atoms with Crippen LogP contribution < -0.4 is 10.6 Å². The van der Waals surface area contributed by atoms with Gasteiger partial charge in [0.25, 0.3) is 0 Å². The van der Waals surface area contributed by atoms with Crippen molar-refractivity contribution in [1.82, 2.24) is 10.6 Å². The van der Waals surface area contributed by atoms with E-state index in [1.54, 1.807) is 6.26 Å². The third kappa shape index (κ3) is 2.44. The molecule has 16 heavy (non-hydrogen) atoms. The summed E-state index contributed by atoms with van der Waals surface area (Å²) in [4.78, 5) is 11.3. The first-order valence-electron chi connectivity index (χ1n) is 5.87. The zero-order valence-electron chi connectivity index (χ0n) is 9.58. The number of nitrogens with one attached hydrogen (secondary N) is 2. The first-order chi connectivity index (χ1) is 7.81. The summed E-state index contributed by atoms with van der Waals surface area (Å²) in [5.74, 6) is 1.12. The Morgan fingerprint density at radius 1 is 1.62 bits per heavy atom. The van der Waals surface area contributed by atoms with Gasteiger partial charge in [-0.1, -0.05) is 0 Å². The Balaban J connectivity index is 1.90. The SMILES string of the molecule is CCNC(=O)CNC1CCCc2occc21. The Hall–Kier alpha value is -1.29. The molecule has 1 aromatic rings. The van der Waals surface area contributed by atoms with Gasteiger partial charge in [-0.15, -0.1) is 0 Å². The average molecular weight is 222 g/mol. The molecule has 0 radical (unpaired) electrons. The van der Waals surface area contributed by atoms with Crippen LogP contribution in [0.15, 0.2) is 16.7 Å². The Bertz CT molecular complexity index is 360. The fraction of sp³-hybridized carbons (Fsp3) is 0.583. The van der Waals surface area contributed by atoms with Gasteiger partial charge in [0.05, 0.1) is 12.8 Å². The van der Waals surface area contributed by atoms with Crippen molar-refractivity contribution in [2.24, 2.45) is 0 Å². The third-order valence-corrected chi connectivity index (χ3v) is 2.93. The second kappa shape index (κ2) is 5.16. The van der Waals surface area contributed by atoms with Gasteiger partial charge in [0, 0.05) is 24.6 Å². The molecule has 4 nitrogen and oxygen atoms in total. The van der Waals surface area contributed by atoms with Crippen LogP contribution in [0.1, 0.15) is 37.1 Å². The second-order valence-electron chi connectivity index (χ2n) is 4.08. The molecule has 1 unspecified atom stereocenters. The minimum Gasteiger partial charge on any atom is -0.469 e. The maximum atomic E-state index is 11.3. The number of aryl methyl sites for hydroxylation is 1. The quantitative estimate of drug-likeness (QED) is 0.809. The van der Waals surface area contributed by atoms with E-state index >= 15 is 0 Å². The first kappa shape index (κ1) is 11.2. The summed E-state index contributed by atoms with van der Waals surface area (Å²) in [6.45, 7) is 2.98. The number of carbonyl (C=O) groups excluding carboxylic acids is 1. The number of rotatable bonds is 4.